The van der Waals surface area contributed by atoms with Gasteiger partial charge in [-0.25, -0.2) is 9.97 Å². The fraction of sp³-hybridized carbons (Fsp3) is 0.444. The van der Waals surface area contributed by atoms with Crippen molar-refractivity contribution < 1.29 is 5.11 Å². The van der Waals surface area contributed by atoms with E-state index in [-0.39, 0.29) is 0 Å². The summed E-state index contributed by atoms with van der Waals surface area (Å²) in [5.74, 6) is 0.794. The van der Waals surface area contributed by atoms with Crippen LogP contribution < -0.4 is 4.90 Å². The predicted octanol–water partition coefficient (Wildman–Crippen LogP) is 1.95. The van der Waals surface area contributed by atoms with E-state index in [1.807, 2.05) is 6.07 Å². The number of hydrogen-bond donors (Lipinski definition) is 1. The van der Waals surface area contributed by atoms with Crippen LogP contribution in [0.25, 0.3) is 0 Å². The van der Waals surface area contributed by atoms with Crippen molar-refractivity contribution in [2.75, 3.05) is 37.6 Å². The number of aliphatic hydroxyl groups is 1. The van der Waals surface area contributed by atoms with Crippen molar-refractivity contribution in [2.45, 2.75) is 20.0 Å². The third kappa shape index (κ3) is 3.86. The molecule has 0 bridgehead atoms. The lowest BCUT2D eigenvalue weighted by molar-refractivity contribution is 0.109. The van der Waals surface area contributed by atoms with E-state index in [1.54, 1.807) is 12.4 Å². The maximum atomic E-state index is 10.6. The topological polar surface area (TPSA) is 52.5 Å². The zero-order chi connectivity index (χ0) is 16.2. The van der Waals surface area contributed by atoms with E-state index in [2.05, 4.69) is 51.8 Å². The van der Waals surface area contributed by atoms with Crippen LogP contribution in [-0.2, 0) is 0 Å². The number of nitrogens with zero attached hydrogens (tertiary/aromatic N) is 4. The SMILES string of the molecule is Cc1ccc(C)c(C(O)CN2CCN(c3ncccn3)CC2)c1. The molecule has 0 amide bonds. The number of aromatic nitrogens is 2. The fourth-order valence-corrected chi connectivity index (χ4v) is 3.05. The highest BCUT2D eigenvalue weighted by molar-refractivity contribution is 5.32. The summed E-state index contributed by atoms with van der Waals surface area (Å²) in [5, 5.41) is 10.6. The van der Waals surface area contributed by atoms with Crippen LogP contribution >= 0.6 is 0 Å². The summed E-state index contributed by atoms with van der Waals surface area (Å²) >= 11 is 0. The van der Waals surface area contributed by atoms with E-state index < -0.39 is 6.10 Å². The molecule has 0 aliphatic carbocycles. The van der Waals surface area contributed by atoms with E-state index >= 15 is 0 Å². The van der Waals surface area contributed by atoms with Crippen LogP contribution in [0.2, 0.25) is 0 Å². The number of aryl methyl sites for hydroxylation is 2. The Morgan fingerprint density at radius 3 is 2.48 bits per heavy atom. The van der Waals surface area contributed by atoms with E-state index in [4.69, 9.17) is 0 Å². The first-order valence-corrected chi connectivity index (χ1v) is 8.13. The van der Waals surface area contributed by atoms with Crippen molar-refractivity contribution >= 4 is 5.95 Å². The molecule has 0 radical (unpaired) electrons. The highest BCUT2D eigenvalue weighted by Gasteiger charge is 2.21. The second kappa shape index (κ2) is 7.06. The number of anilines is 1. The van der Waals surface area contributed by atoms with Crippen LogP contribution in [0.1, 0.15) is 22.8 Å². The van der Waals surface area contributed by atoms with Crippen molar-refractivity contribution in [3.63, 3.8) is 0 Å². The second-order valence-corrected chi connectivity index (χ2v) is 6.21. The molecule has 1 saturated heterocycles. The van der Waals surface area contributed by atoms with Crippen molar-refractivity contribution in [3.8, 4) is 0 Å². The molecule has 122 valence electrons. The van der Waals surface area contributed by atoms with Crippen LogP contribution in [0.15, 0.2) is 36.7 Å². The molecule has 5 heteroatoms. The van der Waals surface area contributed by atoms with Gasteiger partial charge in [-0.2, -0.15) is 0 Å². The molecule has 1 aromatic heterocycles. The van der Waals surface area contributed by atoms with Gasteiger partial charge in [-0.15, -0.1) is 0 Å². The maximum Gasteiger partial charge on any atom is 0.225 e. The van der Waals surface area contributed by atoms with Gasteiger partial charge in [0.2, 0.25) is 5.95 Å². The zero-order valence-corrected chi connectivity index (χ0v) is 13.8. The lowest BCUT2D eigenvalue weighted by Crippen LogP contribution is -2.48. The molecule has 1 aromatic carbocycles. The summed E-state index contributed by atoms with van der Waals surface area (Å²) in [4.78, 5) is 13.1. The Balaban J connectivity index is 1.57. The van der Waals surface area contributed by atoms with Gasteiger partial charge in [0.1, 0.15) is 0 Å². The molecule has 1 fully saturated rings. The standard InChI is InChI=1S/C18H24N4O/c1-14-4-5-15(2)16(12-14)17(23)13-21-8-10-22(11-9-21)18-19-6-3-7-20-18/h3-7,12,17,23H,8-11,13H2,1-2H3. The van der Waals surface area contributed by atoms with Gasteiger partial charge in [0.15, 0.2) is 0 Å². The molecule has 1 aliphatic heterocycles. The van der Waals surface area contributed by atoms with Crippen LogP contribution in [0.5, 0.6) is 0 Å². The van der Waals surface area contributed by atoms with E-state index in [0.717, 1.165) is 43.3 Å². The molecule has 23 heavy (non-hydrogen) atoms. The molecule has 0 spiro atoms. The quantitative estimate of drug-likeness (QED) is 0.935. The lowest BCUT2D eigenvalue weighted by atomic mass is 10.0. The summed E-state index contributed by atoms with van der Waals surface area (Å²) in [5.41, 5.74) is 3.38. The first kappa shape index (κ1) is 15.9. The minimum atomic E-state index is -0.436. The van der Waals surface area contributed by atoms with Crippen molar-refractivity contribution in [2.24, 2.45) is 0 Å². The number of benzene rings is 1. The Bertz CT molecular complexity index is 639. The van der Waals surface area contributed by atoms with Crippen molar-refractivity contribution in [3.05, 3.63) is 53.3 Å². The molecular weight excluding hydrogens is 288 g/mol. The van der Waals surface area contributed by atoms with E-state index in [9.17, 15) is 5.11 Å². The summed E-state index contributed by atoms with van der Waals surface area (Å²) in [6, 6.07) is 8.09. The second-order valence-electron chi connectivity index (χ2n) is 6.21. The number of hydrogen-bond acceptors (Lipinski definition) is 5. The first-order valence-electron chi connectivity index (χ1n) is 8.13. The van der Waals surface area contributed by atoms with Gasteiger partial charge in [0, 0.05) is 45.1 Å². The van der Waals surface area contributed by atoms with Crippen molar-refractivity contribution in [1.29, 1.82) is 0 Å². The molecule has 1 unspecified atom stereocenters. The van der Waals surface area contributed by atoms with Crippen LogP contribution in [-0.4, -0.2) is 52.7 Å². The van der Waals surface area contributed by atoms with Gasteiger partial charge in [-0.05, 0) is 31.0 Å². The highest BCUT2D eigenvalue weighted by Crippen LogP contribution is 2.21. The molecule has 0 saturated carbocycles. The molecule has 5 nitrogen and oxygen atoms in total. The molecule has 2 heterocycles. The number of rotatable bonds is 4. The molecule has 1 N–H and O–H groups in total. The van der Waals surface area contributed by atoms with Crippen molar-refractivity contribution in [1.82, 2.24) is 14.9 Å². The van der Waals surface area contributed by atoms with Gasteiger partial charge < -0.3 is 10.0 Å². The number of aliphatic hydroxyl groups excluding tert-OH is 1. The van der Waals surface area contributed by atoms with Gasteiger partial charge in [0.25, 0.3) is 0 Å². The minimum absolute atomic E-state index is 0.436. The molecule has 1 atom stereocenters. The monoisotopic (exact) mass is 312 g/mol. The van der Waals surface area contributed by atoms with Gasteiger partial charge >= 0.3 is 0 Å². The van der Waals surface area contributed by atoms with E-state index in [1.165, 1.54) is 5.56 Å². The molecular formula is C18H24N4O. The normalized spacial score (nSPS) is 17.3. The summed E-state index contributed by atoms with van der Waals surface area (Å²) < 4.78 is 0. The van der Waals surface area contributed by atoms with Gasteiger partial charge in [-0.3, -0.25) is 4.90 Å². The summed E-state index contributed by atoms with van der Waals surface area (Å²) in [7, 11) is 0. The van der Waals surface area contributed by atoms with Crippen LogP contribution in [0.4, 0.5) is 5.95 Å². The molecule has 1 aliphatic rings. The average Bonchev–Trinajstić information content (AvgIpc) is 2.58. The smallest absolute Gasteiger partial charge is 0.225 e. The van der Waals surface area contributed by atoms with Crippen LogP contribution in [0.3, 0.4) is 0 Å². The first-order chi connectivity index (χ1) is 11.1. The lowest BCUT2D eigenvalue weighted by Gasteiger charge is -2.35. The number of β-amino-alcohol motifs (C(OH)–C–C–N with tert-alkyl or cyclic N) is 1. The molecule has 2 aromatic rings. The van der Waals surface area contributed by atoms with Gasteiger partial charge in [0.05, 0.1) is 6.10 Å². The Kier molecular flexibility index (Phi) is 4.88. The van der Waals surface area contributed by atoms with Gasteiger partial charge in [-0.1, -0.05) is 23.8 Å². The predicted molar refractivity (Wildman–Crippen MR) is 91.6 cm³/mol. The van der Waals surface area contributed by atoms with E-state index in [0.29, 0.717) is 6.54 Å². The maximum absolute atomic E-state index is 10.6. The highest BCUT2D eigenvalue weighted by atomic mass is 16.3. The Labute approximate surface area is 137 Å². The Morgan fingerprint density at radius 2 is 1.78 bits per heavy atom. The molecule has 3 rings (SSSR count). The fourth-order valence-electron chi connectivity index (χ4n) is 3.05. The third-order valence-corrected chi connectivity index (χ3v) is 4.43. The Hall–Kier alpha value is -1.98. The zero-order valence-electron chi connectivity index (χ0n) is 13.8. The van der Waals surface area contributed by atoms with Crippen LogP contribution in [0, 0.1) is 13.8 Å². The minimum Gasteiger partial charge on any atom is -0.387 e. The summed E-state index contributed by atoms with van der Waals surface area (Å²) in [6.45, 7) is 8.41. The average molecular weight is 312 g/mol. The third-order valence-electron chi connectivity index (χ3n) is 4.43. The largest absolute Gasteiger partial charge is 0.387 e. The number of piperazine rings is 1. The Morgan fingerprint density at radius 1 is 1.09 bits per heavy atom. The summed E-state index contributed by atoms with van der Waals surface area (Å²) in [6.07, 6.45) is 3.12.